The highest BCUT2D eigenvalue weighted by molar-refractivity contribution is 4.94. The summed E-state index contributed by atoms with van der Waals surface area (Å²) in [7, 11) is 0. The average molecular weight is 166 g/mol. The third-order valence-corrected chi connectivity index (χ3v) is 1.10. The Morgan fingerprint density at radius 2 is 2.00 bits per heavy atom. The van der Waals surface area contributed by atoms with Crippen molar-refractivity contribution in [2.24, 2.45) is 0 Å². The number of rotatable bonds is 0. The lowest BCUT2D eigenvalue weighted by Crippen LogP contribution is -1.68. The third kappa shape index (κ3) is 5.47. The number of aromatic amines is 1. The molecule has 0 radical (unpaired) electrons. The van der Waals surface area contributed by atoms with Gasteiger partial charge in [-0.05, 0) is 25.1 Å². The number of aryl methyl sites for hydroxylation is 1. The SMILES string of the molecule is CC.Cc1ccncccc[nH]1.[HH]. The van der Waals surface area contributed by atoms with E-state index in [4.69, 9.17) is 0 Å². The zero-order chi connectivity index (χ0) is 9.23. The summed E-state index contributed by atoms with van der Waals surface area (Å²) in [4.78, 5) is 7.03. The fraction of sp³-hybridized carbons (Fsp3) is 0.300. The number of nitrogens with zero attached hydrogens (tertiary/aromatic N) is 1. The Bertz CT molecular complexity index is 220. The van der Waals surface area contributed by atoms with E-state index in [1.54, 1.807) is 12.4 Å². The van der Waals surface area contributed by atoms with E-state index >= 15 is 0 Å². The van der Waals surface area contributed by atoms with E-state index in [1.807, 2.05) is 45.2 Å². The van der Waals surface area contributed by atoms with Crippen LogP contribution in [-0.4, -0.2) is 9.97 Å². The molecular formula is C10H18N2. The lowest BCUT2D eigenvalue weighted by Gasteiger charge is -1.79. The van der Waals surface area contributed by atoms with Crippen molar-refractivity contribution in [2.45, 2.75) is 20.8 Å². The zero-order valence-electron chi connectivity index (χ0n) is 7.91. The molecule has 0 spiro atoms. The Labute approximate surface area is 75.5 Å². The third-order valence-electron chi connectivity index (χ3n) is 1.10. The van der Waals surface area contributed by atoms with Crippen LogP contribution in [0.5, 0.6) is 0 Å². The highest BCUT2D eigenvalue weighted by Crippen LogP contribution is 1.82. The fourth-order valence-corrected chi connectivity index (χ4v) is 0.587. The molecule has 0 saturated carbocycles. The molecule has 0 aromatic carbocycles. The summed E-state index contributed by atoms with van der Waals surface area (Å²) in [6.45, 7) is 5.99. The van der Waals surface area contributed by atoms with Crippen LogP contribution in [0.4, 0.5) is 0 Å². The van der Waals surface area contributed by atoms with Crippen LogP contribution in [0, 0.1) is 6.92 Å². The summed E-state index contributed by atoms with van der Waals surface area (Å²) in [5, 5.41) is 0. The second-order valence-corrected chi connectivity index (χ2v) is 1.99. The van der Waals surface area contributed by atoms with Crippen LogP contribution in [0.25, 0.3) is 0 Å². The number of H-pyrrole nitrogens is 1. The van der Waals surface area contributed by atoms with E-state index in [2.05, 4.69) is 9.97 Å². The first-order chi connectivity index (χ1) is 5.89. The summed E-state index contributed by atoms with van der Waals surface area (Å²) in [6, 6.07) is 5.69. The minimum Gasteiger partial charge on any atom is -0.365 e. The van der Waals surface area contributed by atoms with E-state index in [0.29, 0.717) is 0 Å². The highest BCUT2D eigenvalue weighted by Gasteiger charge is 1.69. The van der Waals surface area contributed by atoms with Crippen LogP contribution in [0.3, 0.4) is 0 Å². The Morgan fingerprint density at radius 1 is 1.25 bits per heavy atom. The minimum atomic E-state index is 0. The molecule has 0 amide bonds. The molecular weight excluding hydrogens is 148 g/mol. The first kappa shape index (κ1) is 10.7. The Kier molecular flexibility index (Phi) is 6.94. The van der Waals surface area contributed by atoms with E-state index in [-0.39, 0.29) is 1.43 Å². The normalized spacial score (nSPS) is 7.58. The molecule has 0 atom stereocenters. The maximum atomic E-state index is 3.97. The molecule has 0 aliphatic heterocycles. The first-order valence-electron chi connectivity index (χ1n) is 4.18. The Morgan fingerprint density at radius 3 is 2.75 bits per heavy atom. The number of aromatic nitrogens is 2. The molecule has 12 heavy (non-hydrogen) atoms. The lowest BCUT2D eigenvalue weighted by atomic mass is 10.5. The van der Waals surface area contributed by atoms with Gasteiger partial charge in [-0.2, -0.15) is 0 Å². The van der Waals surface area contributed by atoms with Crippen molar-refractivity contribution in [1.29, 1.82) is 0 Å². The first-order valence-corrected chi connectivity index (χ1v) is 4.18. The largest absolute Gasteiger partial charge is 0.365 e. The van der Waals surface area contributed by atoms with Gasteiger partial charge >= 0.3 is 0 Å². The molecule has 0 aliphatic rings. The molecule has 1 aromatic heterocycles. The van der Waals surface area contributed by atoms with Crippen LogP contribution in [0.15, 0.2) is 36.8 Å². The Hall–Kier alpha value is -1.31. The molecule has 1 heterocycles. The molecule has 0 unspecified atom stereocenters. The van der Waals surface area contributed by atoms with E-state index in [9.17, 15) is 0 Å². The summed E-state index contributed by atoms with van der Waals surface area (Å²) in [5.41, 5.74) is 1.09. The second-order valence-electron chi connectivity index (χ2n) is 1.99. The van der Waals surface area contributed by atoms with Gasteiger partial charge < -0.3 is 4.98 Å². The molecule has 1 rings (SSSR count). The van der Waals surface area contributed by atoms with Gasteiger partial charge in [0, 0.05) is 25.7 Å². The summed E-state index contributed by atoms with van der Waals surface area (Å²) in [6.07, 6.45) is 5.37. The quantitative estimate of drug-likeness (QED) is 0.630. The van der Waals surface area contributed by atoms with Crippen molar-refractivity contribution in [3.8, 4) is 0 Å². The van der Waals surface area contributed by atoms with Gasteiger partial charge in [-0.1, -0.05) is 13.8 Å². The monoisotopic (exact) mass is 166 g/mol. The maximum Gasteiger partial charge on any atom is 0.0284 e. The predicted octanol–water partition coefficient (Wildman–Crippen LogP) is 3.11. The van der Waals surface area contributed by atoms with Gasteiger partial charge in [0.2, 0.25) is 0 Å². The molecule has 0 saturated heterocycles. The second kappa shape index (κ2) is 7.79. The highest BCUT2D eigenvalue weighted by atomic mass is 14.7. The summed E-state index contributed by atoms with van der Waals surface area (Å²) >= 11 is 0. The van der Waals surface area contributed by atoms with Gasteiger partial charge in [-0.25, -0.2) is 0 Å². The molecule has 2 heteroatoms. The molecule has 0 fully saturated rings. The van der Waals surface area contributed by atoms with Gasteiger partial charge in [0.15, 0.2) is 0 Å². The molecule has 0 bridgehead atoms. The number of hydrogen-bond acceptors (Lipinski definition) is 1. The van der Waals surface area contributed by atoms with Crippen molar-refractivity contribution >= 4 is 0 Å². The fourth-order valence-electron chi connectivity index (χ4n) is 0.587. The van der Waals surface area contributed by atoms with E-state index < -0.39 is 0 Å². The molecule has 68 valence electrons. The maximum absolute atomic E-state index is 3.97. The average Bonchev–Trinajstić information content (AvgIpc) is 2.22. The smallest absolute Gasteiger partial charge is 0.0284 e. The van der Waals surface area contributed by atoms with Crippen molar-refractivity contribution in [3.05, 3.63) is 42.5 Å². The van der Waals surface area contributed by atoms with Gasteiger partial charge in [-0.15, -0.1) is 0 Å². The molecule has 1 N–H and O–H groups in total. The molecule has 0 aliphatic carbocycles. The van der Waals surface area contributed by atoms with Crippen LogP contribution in [0.2, 0.25) is 0 Å². The van der Waals surface area contributed by atoms with E-state index in [0.717, 1.165) is 5.69 Å². The van der Waals surface area contributed by atoms with Gasteiger partial charge in [0.1, 0.15) is 0 Å². The summed E-state index contributed by atoms with van der Waals surface area (Å²) < 4.78 is 0. The number of hydrogen-bond donors (Lipinski definition) is 1. The van der Waals surface area contributed by atoms with Crippen LogP contribution in [0.1, 0.15) is 21.0 Å². The van der Waals surface area contributed by atoms with Gasteiger partial charge in [0.05, 0.1) is 0 Å². The topological polar surface area (TPSA) is 28.7 Å². The van der Waals surface area contributed by atoms with E-state index in [1.165, 1.54) is 0 Å². The van der Waals surface area contributed by atoms with Crippen molar-refractivity contribution in [3.63, 3.8) is 0 Å². The minimum absolute atomic E-state index is 0. The van der Waals surface area contributed by atoms with Crippen molar-refractivity contribution < 1.29 is 1.43 Å². The van der Waals surface area contributed by atoms with Gasteiger partial charge in [0.25, 0.3) is 0 Å². The molecule has 1 aromatic rings. The van der Waals surface area contributed by atoms with Crippen LogP contribution in [-0.2, 0) is 0 Å². The zero-order valence-corrected chi connectivity index (χ0v) is 7.91. The van der Waals surface area contributed by atoms with Crippen molar-refractivity contribution in [1.82, 2.24) is 9.97 Å². The van der Waals surface area contributed by atoms with Crippen LogP contribution >= 0.6 is 0 Å². The van der Waals surface area contributed by atoms with Crippen molar-refractivity contribution in [2.75, 3.05) is 0 Å². The molecule has 2 nitrogen and oxygen atoms in total. The lowest BCUT2D eigenvalue weighted by molar-refractivity contribution is 1.21. The predicted molar refractivity (Wildman–Crippen MR) is 54.4 cm³/mol. The van der Waals surface area contributed by atoms with Gasteiger partial charge in [-0.3, -0.25) is 4.98 Å². The van der Waals surface area contributed by atoms with Crippen LogP contribution < -0.4 is 0 Å². The Balaban J connectivity index is 0. The summed E-state index contributed by atoms with van der Waals surface area (Å²) in [5.74, 6) is 0. The standard InChI is InChI=1S/C8H10N2.C2H6.H2/c1-8-4-7-9-5-2-3-6-10-8;1-2;/h2-7,10H,1H3;1-2H3;1H. The number of nitrogens with one attached hydrogen (secondary N) is 1.